The van der Waals surface area contributed by atoms with Gasteiger partial charge in [-0.3, -0.25) is 9.48 Å². The first-order valence-corrected chi connectivity index (χ1v) is 5.58. The van der Waals surface area contributed by atoms with Gasteiger partial charge >= 0.3 is 0 Å². The highest BCUT2D eigenvalue weighted by Crippen LogP contribution is 1.98. The van der Waals surface area contributed by atoms with Gasteiger partial charge in [-0.25, -0.2) is 0 Å². The van der Waals surface area contributed by atoms with Crippen LogP contribution in [-0.2, 0) is 6.54 Å². The number of nitrogens with two attached hydrogens (primary N) is 1. The van der Waals surface area contributed by atoms with Gasteiger partial charge in [-0.2, -0.15) is 0 Å². The fourth-order valence-electron chi connectivity index (χ4n) is 1.45. The Hall–Kier alpha value is -1.43. The number of aromatic nitrogens is 3. The van der Waals surface area contributed by atoms with Crippen LogP contribution in [0.25, 0.3) is 0 Å². The maximum atomic E-state index is 11.7. The highest BCUT2D eigenvalue weighted by atomic mass is 16.2. The molecular formula is C10H19N5O. The van der Waals surface area contributed by atoms with Crippen LogP contribution in [0.4, 0.5) is 0 Å². The standard InChI is InChI=1S/C10H19N5O/c1-3-4-8(2)12-10(16)9-7-15(6-5-11)14-13-9/h7-8H,3-6,11H2,1-2H3,(H,12,16). The third-order valence-electron chi connectivity index (χ3n) is 2.23. The first kappa shape index (κ1) is 12.6. The van der Waals surface area contributed by atoms with E-state index < -0.39 is 0 Å². The molecule has 0 fully saturated rings. The van der Waals surface area contributed by atoms with Crippen LogP contribution in [0, 0.1) is 0 Å². The van der Waals surface area contributed by atoms with Crippen LogP contribution in [0.1, 0.15) is 37.2 Å². The number of carbonyl (C=O) groups excluding carboxylic acids is 1. The molecule has 3 N–H and O–H groups in total. The van der Waals surface area contributed by atoms with E-state index in [1.54, 1.807) is 10.9 Å². The van der Waals surface area contributed by atoms with Gasteiger partial charge in [0.05, 0.1) is 12.7 Å². The van der Waals surface area contributed by atoms with Crippen LogP contribution >= 0.6 is 0 Å². The van der Waals surface area contributed by atoms with Gasteiger partial charge in [0.15, 0.2) is 5.69 Å². The Morgan fingerprint density at radius 1 is 1.69 bits per heavy atom. The average Bonchev–Trinajstić information content (AvgIpc) is 2.67. The second-order valence-corrected chi connectivity index (χ2v) is 3.82. The first-order chi connectivity index (χ1) is 7.67. The summed E-state index contributed by atoms with van der Waals surface area (Å²) in [6.45, 7) is 5.12. The second kappa shape index (κ2) is 6.22. The minimum Gasteiger partial charge on any atom is -0.348 e. The number of hydrogen-bond donors (Lipinski definition) is 2. The van der Waals surface area contributed by atoms with Gasteiger partial charge < -0.3 is 11.1 Å². The second-order valence-electron chi connectivity index (χ2n) is 3.82. The van der Waals surface area contributed by atoms with Crippen LogP contribution in [0.15, 0.2) is 6.20 Å². The molecule has 16 heavy (non-hydrogen) atoms. The molecule has 1 heterocycles. The molecule has 6 heteroatoms. The summed E-state index contributed by atoms with van der Waals surface area (Å²) < 4.78 is 1.57. The molecule has 1 aromatic rings. The summed E-state index contributed by atoms with van der Waals surface area (Å²) in [6.07, 6.45) is 3.62. The summed E-state index contributed by atoms with van der Waals surface area (Å²) >= 11 is 0. The van der Waals surface area contributed by atoms with E-state index in [0.29, 0.717) is 18.8 Å². The monoisotopic (exact) mass is 225 g/mol. The lowest BCUT2D eigenvalue weighted by Crippen LogP contribution is -2.32. The molecule has 0 saturated heterocycles. The Morgan fingerprint density at radius 3 is 3.06 bits per heavy atom. The zero-order valence-corrected chi connectivity index (χ0v) is 9.81. The van der Waals surface area contributed by atoms with Crippen LogP contribution in [0.2, 0.25) is 0 Å². The largest absolute Gasteiger partial charge is 0.348 e. The molecule has 1 aromatic heterocycles. The van der Waals surface area contributed by atoms with E-state index >= 15 is 0 Å². The quantitative estimate of drug-likeness (QED) is 0.722. The van der Waals surface area contributed by atoms with Crippen LogP contribution in [0.5, 0.6) is 0 Å². The molecule has 1 atom stereocenters. The van der Waals surface area contributed by atoms with Crippen molar-refractivity contribution in [3.8, 4) is 0 Å². The average molecular weight is 225 g/mol. The predicted molar refractivity (Wildman–Crippen MR) is 60.9 cm³/mol. The molecular weight excluding hydrogens is 206 g/mol. The number of carbonyl (C=O) groups is 1. The Morgan fingerprint density at radius 2 is 2.44 bits per heavy atom. The van der Waals surface area contributed by atoms with Crippen LogP contribution in [0.3, 0.4) is 0 Å². The molecule has 1 unspecified atom stereocenters. The van der Waals surface area contributed by atoms with Gasteiger partial charge in [0, 0.05) is 12.6 Å². The van der Waals surface area contributed by atoms with E-state index in [0.717, 1.165) is 12.8 Å². The molecule has 1 rings (SSSR count). The van der Waals surface area contributed by atoms with Crippen molar-refractivity contribution in [2.24, 2.45) is 5.73 Å². The van der Waals surface area contributed by atoms with Crippen molar-refractivity contribution in [2.45, 2.75) is 39.3 Å². The normalized spacial score (nSPS) is 12.4. The topological polar surface area (TPSA) is 85.8 Å². The van der Waals surface area contributed by atoms with E-state index in [-0.39, 0.29) is 11.9 Å². The molecule has 0 aliphatic carbocycles. The highest BCUT2D eigenvalue weighted by Gasteiger charge is 2.12. The fraction of sp³-hybridized carbons (Fsp3) is 0.700. The van der Waals surface area contributed by atoms with Gasteiger partial charge in [0.2, 0.25) is 0 Å². The van der Waals surface area contributed by atoms with Crippen molar-refractivity contribution >= 4 is 5.91 Å². The van der Waals surface area contributed by atoms with E-state index in [9.17, 15) is 4.79 Å². The van der Waals surface area contributed by atoms with Crippen molar-refractivity contribution in [1.82, 2.24) is 20.3 Å². The van der Waals surface area contributed by atoms with E-state index in [4.69, 9.17) is 5.73 Å². The van der Waals surface area contributed by atoms with Crippen molar-refractivity contribution in [1.29, 1.82) is 0 Å². The summed E-state index contributed by atoms with van der Waals surface area (Å²) in [5.74, 6) is -0.177. The highest BCUT2D eigenvalue weighted by molar-refractivity contribution is 5.92. The number of hydrogen-bond acceptors (Lipinski definition) is 4. The van der Waals surface area contributed by atoms with E-state index in [1.807, 2.05) is 6.92 Å². The van der Waals surface area contributed by atoms with Gasteiger partial charge in [0.1, 0.15) is 0 Å². The molecule has 0 saturated carbocycles. The lowest BCUT2D eigenvalue weighted by molar-refractivity contribution is 0.0933. The van der Waals surface area contributed by atoms with Crippen molar-refractivity contribution in [3.63, 3.8) is 0 Å². The third kappa shape index (κ3) is 3.62. The lowest BCUT2D eigenvalue weighted by Gasteiger charge is -2.10. The smallest absolute Gasteiger partial charge is 0.273 e. The maximum absolute atomic E-state index is 11.7. The van der Waals surface area contributed by atoms with Gasteiger partial charge in [-0.05, 0) is 13.3 Å². The Balaban J connectivity index is 2.52. The molecule has 0 aliphatic rings. The van der Waals surface area contributed by atoms with Crippen molar-refractivity contribution in [2.75, 3.05) is 6.54 Å². The SMILES string of the molecule is CCCC(C)NC(=O)c1cn(CCN)nn1. The Kier molecular flexibility index (Phi) is 4.91. The summed E-state index contributed by atoms with van der Waals surface area (Å²) in [5.41, 5.74) is 5.72. The van der Waals surface area contributed by atoms with E-state index in [2.05, 4.69) is 22.6 Å². The maximum Gasteiger partial charge on any atom is 0.273 e. The Labute approximate surface area is 95.2 Å². The molecule has 0 aromatic carbocycles. The summed E-state index contributed by atoms with van der Waals surface area (Å²) in [7, 11) is 0. The van der Waals surface area contributed by atoms with Crippen molar-refractivity contribution < 1.29 is 4.79 Å². The van der Waals surface area contributed by atoms with Gasteiger partial charge in [-0.15, -0.1) is 5.10 Å². The first-order valence-electron chi connectivity index (χ1n) is 5.58. The molecule has 0 spiro atoms. The summed E-state index contributed by atoms with van der Waals surface area (Å²) in [6, 6.07) is 0.164. The van der Waals surface area contributed by atoms with Gasteiger partial charge in [-0.1, -0.05) is 18.6 Å². The van der Waals surface area contributed by atoms with Crippen LogP contribution < -0.4 is 11.1 Å². The zero-order valence-electron chi connectivity index (χ0n) is 9.81. The molecule has 0 bridgehead atoms. The van der Waals surface area contributed by atoms with Crippen LogP contribution in [-0.4, -0.2) is 33.5 Å². The molecule has 6 nitrogen and oxygen atoms in total. The number of amides is 1. The molecule has 0 aliphatic heterocycles. The number of nitrogens with zero attached hydrogens (tertiary/aromatic N) is 3. The minimum absolute atomic E-state index is 0.164. The lowest BCUT2D eigenvalue weighted by atomic mass is 10.2. The third-order valence-corrected chi connectivity index (χ3v) is 2.23. The minimum atomic E-state index is -0.177. The van der Waals surface area contributed by atoms with Gasteiger partial charge in [0.25, 0.3) is 5.91 Å². The van der Waals surface area contributed by atoms with Crippen molar-refractivity contribution in [3.05, 3.63) is 11.9 Å². The number of nitrogens with one attached hydrogen (secondary N) is 1. The number of rotatable bonds is 6. The summed E-state index contributed by atoms with van der Waals surface area (Å²) in [5, 5.41) is 10.5. The fourth-order valence-corrected chi connectivity index (χ4v) is 1.45. The Bertz CT molecular complexity index is 336. The summed E-state index contributed by atoms with van der Waals surface area (Å²) in [4.78, 5) is 11.7. The molecule has 0 radical (unpaired) electrons. The molecule has 1 amide bonds. The predicted octanol–water partition coefficient (Wildman–Crippen LogP) is 0.155. The molecule has 90 valence electrons. The van der Waals surface area contributed by atoms with E-state index in [1.165, 1.54) is 0 Å². The zero-order chi connectivity index (χ0) is 12.0.